The normalized spacial score (nSPS) is 17.9. The summed E-state index contributed by atoms with van der Waals surface area (Å²) in [5.74, 6) is 0.784. The van der Waals surface area contributed by atoms with Gasteiger partial charge in [0, 0.05) is 24.8 Å². The first-order valence-electron chi connectivity index (χ1n) is 7.49. The van der Waals surface area contributed by atoms with Gasteiger partial charge in [0.2, 0.25) is 0 Å². The van der Waals surface area contributed by atoms with Gasteiger partial charge in [0.05, 0.1) is 11.7 Å². The lowest BCUT2D eigenvalue weighted by Gasteiger charge is -2.12. The smallest absolute Gasteiger partial charge is 0.376 e. The van der Waals surface area contributed by atoms with E-state index in [0.717, 1.165) is 31.6 Å². The molecule has 0 aliphatic carbocycles. The lowest BCUT2D eigenvalue weighted by atomic mass is 10.1. The quantitative estimate of drug-likeness (QED) is 0.823. The summed E-state index contributed by atoms with van der Waals surface area (Å²) in [5, 5.41) is 3.35. The molecule has 2 heterocycles. The number of ether oxygens (including phenoxy) is 1. The standard InChI is InChI=1S/C16H15ClF3N3O/c17-13-8-14(21-9-12-2-1-7-24-12)23-15(22-13)10-3-5-11(6-4-10)16(18,19)20/h3-6,8,12H,1-2,7,9H2,(H,21,22,23)/t12-/m0/s1. The highest BCUT2D eigenvalue weighted by Gasteiger charge is 2.30. The molecule has 2 aromatic rings. The lowest BCUT2D eigenvalue weighted by Crippen LogP contribution is -2.19. The number of hydrogen-bond acceptors (Lipinski definition) is 4. The maximum absolute atomic E-state index is 12.6. The zero-order valence-corrected chi connectivity index (χ0v) is 13.4. The second-order valence-corrected chi connectivity index (χ2v) is 5.88. The monoisotopic (exact) mass is 357 g/mol. The lowest BCUT2D eigenvalue weighted by molar-refractivity contribution is -0.137. The van der Waals surface area contributed by atoms with Crippen molar-refractivity contribution in [2.24, 2.45) is 0 Å². The molecule has 0 radical (unpaired) electrons. The minimum absolute atomic E-state index is 0.133. The van der Waals surface area contributed by atoms with Crippen LogP contribution in [0, 0.1) is 0 Å². The molecule has 0 saturated carbocycles. The second kappa shape index (κ2) is 6.94. The van der Waals surface area contributed by atoms with Crippen molar-refractivity contribution < 1.29 is 17.9 Å². The van der Waals surface area contributed by atoms with Crippen LogP contribution in [0.15, 0.2) is 30.3 Å². The molecule has 1 atom stereocenters. The van der Waals surface area contributed by atoms with E-state index >= 15 is 0 Å². The molecule has 3 rings (SSSR count). The summed E-state index contributed by atoms with van der Waals surface area (Å²) in [6, 6.07) is 6.24. The number of nitrogens with zero attached hydrogens (tertiary/aromatic N) is 2. The first-order valence-corrected chi connectivity index (χ1v) is 7.87. The molecule has 1 aromatic heterocycles. The first-order chi connectivity index (χ1) is 11.4. The van der Waals surface area contributed by atoms with Crippen LogP contribution in [0.4, 0.5) is 19.0 Å². The van der Waals surface area contributed by atoms with E-state index in [1.807, 2.05) is 0 Å². The van der Waals surface area contributed by atoms with Crippen molar-refractivity contribution in [3.63, 3.8) is 0 Å². The SMILES string of the molecule is FC(F)(F)c1ccc(-c2nc(Cl)cc(NC[C@@H]3CCCO3)n2)cc1. The van der Waals surface area contributed by atoms with Crippen LogP contribution in [0.2, 0.25) is 5.15 Å². The molecule has 4 nitrogen and oxygen atoms in total. The predicted molar refractivity (Wildman–Crippen MR) is 84.9 cm³/mol. The molecule has 1 aliphatic heterocycles. The molecule has 1 N–H and O–H groups in total. The molecule has 0 bridgehead atoms. The Labute approximate surface area is 142 Å². The molecular formula is C16H15ClF3N3O. The van der Waals surface area contributed by atoms with Crippen molar-refractivity contribution in [3.05, 3.63) is 41.0 Å². The van der Waals surface area contributed by atoms with Crippen molar-refractivity contribution in [2.45, 2.75) is 25.1 Å². The van der Waals surface area contributed by atoms with E-state index < -0.39 is 11.7 Å². The number of hydrogen-bond donors (Lipinski definition) is 1. The molecule has 1 fully saturated rings. The summed E-state index contributed by atoms with van der Waals surface area (Å²) in [4.78, 5) is 8.39. The molecule has 0 unspecified atom stereocenters. The van der Waals surface area contributed by atoms with Crippen LogP contribution in [-0.4, -0.2) is 29.2 Å². The van der Waals surface area contributed by atoms with Crippen LogP contribution in [0.3, 0.4) is 0 Å². The summed E-state index contributed by atoms with van der Waals surface area (Å²) >= 11 is 6.00. The minimum Gasteiger partial charge on any atom is -0.376 e. The van der Waals surface area contributed by atoms with Gasteiger partial charge in [0.1, 0.15) is 11.0 Å². The molecular weight excluding hydrogens is 343 g/mol. The highest BCUT2D eigenvalue weighted by molar-refractivity contribution is 6.29. The van der Waals surface area contributed by atoms with Gasteiger partial charge in [0.25, 0.3) is 0 Å². The largest absolute Gasteiger partial charge is 0.416 e. The van der Waals surface area contributed by atoms with Crippen LogP contribution in [0.5, 0.6) is 0 Å². The van der Waals surface area contributed by atoms with Gasteiger partial charge in [-0.1, -0.05) is 23.7 Å². The fourth-order valence-electron chi connectivity index (χ4n) is 2.47. The maximum Gasteiger partial charge on any atom is 0.416 e. The Kier molecular flexibility index (Phi) is 4.91. The van der Waals surface area contributed by atoms with Gasteiger partial charge < -0.3 is 10.1 Å². The average Bonchev–Trinajstić information content (AvgIpc) is 3.05. The molecule has 24 heavy (non-hydrogen) atoms. The van der Waals surface area contributed by atoms with Crippen LogP contribution >= 0.6 is 11.6 Å². The predicted octanol–water partition coefficient (Wildman–Crippen LogP) is 4.41. The number of benzene rings is 1. The third-order valence-electron chi connectivity index (χ3n) is 3.70. The third kappa shape index (κ3) is 4.15. The molecule has 128 valence electrons. The van der Waals surface area contributed by atoms with E-state index in [2.05, 4.69) is 15.3 Å². The Balaban J connectivity index is 1.77. The molecule has 8 heteroatoms. The number of alkyl halides is 3. The van der Waals surface area contributed by atoms with Crippen molar-refractivity contribution in [2.75, 3.05) is 18.5 Å². The molecule has 0 amide bonds. The van der Waals surface area contributed by atoms with Gasteiger partial charge in [-0.15, -0.1) is 0 Å². The molecule has 1 saturated heterocycles. The van der Waals surface area contributed by atoms with E-state index in [1.165, 1.54) is 12.1 Å². The maximum atomic E-state index is 12.6. The van der Waals surface area contributed by atoms with Crippen LogP contribution in [0.25, 0.3) is 11.4 Å². The summed E-state index contributed by atoms with van der Waals surface area (Å²) < 4.78 is 43.4. The first kappa shape index (κ1) is 17.0. The fourth-order valence-corrected chi connectivity index (χ4v) is 2.65. The summed E-state index contributed by atoms with van der Waals surface area (Å²) in [7, 11) is 0. The zero-order chi connectivity index (χ0) is 17.2. The Bertz CT molecular complexity index is 701. The Morgan fingerprint density at radius 2 is 1.96 bits per heavy atom. The fraction of sp³-hybridized carbons (Fsp3) is 0.375. The van der Waals surface area contributed by atoms with E-state index in [0.29, 0.717) is 17.9 Å². The van der Waals surface area contributed by atoms with E-state index in [9.17, 15) is 13.2 Å². The topological polar surface area (TPSA) is 47.0 Å². The van der Waals surface area contributed by atoms with Gasteiger partial charge in [-0.25, -0.2) is 9.97 Å². The van der Waals surface area contributed by atoms with Crippen molar-refractivity contribution >= 4 is 17.4 Å². The van der Waals surface area contributed by atoms with E-state index in [4.69, 9.17) is 16.3 Å². The molecule has 0 spiro atoms. The van der Waals surface area contributed by atoms with Crippen LogP contribution < -0.4 is 5.32 Å². The Hall–Kier alpha value is -1.86. The Morgan fingerprint density at radius 3 is 2.58 bits per heavy atom. The van der Waals surface area contributed by atoms with Gasteiger partial charge in [0.15, 0.2) is 5.82 Å². The summed E-state index contributed by atoms with van der Waals surface area (Å²) in [6.45, 7) is 1.35. The van der Waals surface area contributed by atoms with Gasteiger partial charge >= 0.3 is 6.18 Å². The number of nitrogens with one attached hydrogen (secondary N) is 1. The third-order valence-corrected chi connectivity index (χ3v) is 3.89. The highest BCUT2D eigenvalue weighted by Crippen LogP contribution is 2.30. The molecule has 1 aliphatic rings. The number of aromatic nitrogens is 2. The highest BCUT2D eigenvalue weighted by atomic mass is 35.5. The number of halogens is 4. The van der Waals surface area contributed by atoms with Gasteiger partial charge in [-0.2, -0.15) is 13.2 Å². The van der Waals surface area contributed by atoms with Crippen molar-refractivity contribution in [1.29, 1.82) is 0 Å². The van der Waals surface area contributed by atoms with Gasteiger partial charge in [-0.3, -0.25) is 0 Å². The van der Waals surface area contributed by atoms with Crippen molar-refractivity contribution in [1.82, 2.24) is 9.97 Å². The number of anilines is 1. The minimum atomic E-state index is -4.37. The van der Waals surface area contributed by atoms with Crippen LogP contribution in [0.1, 0.15) is 18.4 Å². The number of rotatable bonds is 4. The molecule has 1 aromatic carbocycles. The summed E-state index contributed by atoms with van der Waals surface area (Å²) in [5.41, 5.74) is -0.254. The van der Waals surface area contributed by atoms with Gasteiger partial charge in [-0.05, 0) is 25.0 Å². The second-order valence-electron chi connectivity index (χ2n) is 5.49. The van der Waals surface area contributed by atoms with E-state index in [1.54, 1.807) is 6.07 Å². The Morgan fingerprint density at radius 1 is 1.21 bits per heavy atom. The van der Waals surface area contributed by atoms with Crippen molar-refractivity contribution in [3.8, 4) is 11.4 Å². The van der Waals surface area contributed by atoms with E-state index in [-0.39, 0.29) is 17.1 Å². The summed E-state index contributed by atoms with van der Waals surface area (Å²) in [6.07, 6.45) is -2.22. The zero-order valence-electron chi connectivity index (χ0n) is 12.6. The van der Waals surface area contributed by atoms with Crippen LogP contribution in [-0.2, 0) is 10.9 Å². The average molecular weight is 358 g/mol.